The van der Waals surface area contributed by atoms with Crippen molar-refractivity contribution in [3.8, 4) is 34.4 Å². The van der Waals surface area contributed by atoms with Gasteiger partial charge in [0, 0.05) is 0 Å². The van der Waals surface area contributed by atoms with Crippen LogP contribution in [0.15, 0.2) is 72.8 Å². The van der Waals surface area contributed by atoms with E-state index in [2.05, 4.69) is 18.2 Å². The molecule has 130 valence electrons. The van der Waals surface area contributed by atoms with E-state index in [0.29, 0.717) is 30.3 Å². The Morgan fingerprint density at radius 3 is 2.15 bits per heavy atom. The second-order valence-electron chi connectivity index (χ2n) is 5.54. The average molecular weight is 345 g/mol. The Bertz CT molecular complexity index is 884. The Balaban J connectivity index is 1.56. The number of ether oxygens (including phenoxy) is 3. The number of rotatable bonds is 7. The molecule has 0 aliphatic heterocycles. The molecule has 0 aliphatic rings. The Labute approximate surface area is 153 Å². The quantitative estimate of drug-likeness (QED) is 0.583. The van der Waals surface area contributed by atoms with Crippen molar-refractivity contribution < 1.29 is 14.2 Å². The number of nitrogens with zero attached hydrogens (tertiary/aromatic N) is 1. The molecular weight excluding hydrogens is 326 g/mol. The minimum Gasteiger partial charge on any atom is -0.493 e. The molecule has 0 atom stereocenters. The number of hydrogen-bond acceptors (Lipinski definition) is 4. The summed E-state index contributed by atoms with van der Waals surface area (Å²) in [4.78, 5) is 0. The molecule has 3 rings (SSSR count). The SMILES string of the molecule is COc1cccc(C#N)c1OCCOc1ccc(-c2ccccc2)cc1. The van der Waals surface area contributed by atoms with E-state index in [0.717, 1.165) is 11.3 Å². The van der Waals surface area contributed by atoms with Crippen molar-refractivity contribution in [3.63, 3.8) is 0 Å². The van der Waals surface area contributed by atoms with Gasteiger partial charge in [0.25, 0.3) is 0 Å². The Hall–Kier alpha value is -3.45. The first-order valence-corrected chi connectivity index (χ1v) is 8.30. The molecule has 4 heteroatoms. The van der Waals surface area contributed by atoms with Gasteiger partial charge in [-0.05, 0) is 35.4 Å². The molecule has 0 aliphatic carbocycles. The molecule has 0 amide bonds. The Morgan fingerprint density at radius 1 is 0.769 bits per heavy atom. The molecule has 3 aromatic rings. The number of methoxy groups -OCH3 is 1. The average Bonchev–Trinajstić information content (AvgIpc) is 2.72. The van der Waals surface area contributed by atoms with Crippen LogP contribution in [-0.4, -0.2) is 20.3 Å². The highest BCUT2D eigenvalue weighted by atomic mass is 16.5. The van der Waals surface area contributed by atoms with Crippen LogP contribution >= 0.6 is 0 Å². The standard InChI is InChI=1S/C22H19NO3/c1-24-21-9-5-8-19(16-23)22(21)26-15-14-25-20-12-10-18(11-13-20)17-6-3-2-4-7-17/h2-13H,14-15H2,1H3. The van der Waals surface area contributed by atoms with Crippen LogP contribution in [0.4, 0.5) is 0 Å². The Kier molecular flexibility index (Phi) is 5.74. The van der Waals surface area contributed by atoms with Crippen LogP contribution in [-0.2, 0) is 0 Å². The van der Waals surface area contributed by atoms with Crippen LogP contribution in [0.3, 0.4) is 0 Å². The number of benzene rings is 3. The lowest BCUT2D eigenvalue weighted by molar-refractivity contribution is 0.211. The first kappa shape index (κ1) is 17.4. The van der Waals surface area contributed by atoms with Gasteiger partial charge in [0.15, 0.2) is 11.5 Å². The van der Waals surface area contributed by atoms with E-state index in [4.69, 9.17) is 14.2 Å². The summed E-state index contributed by atoms with van der Waals surface area (Å²) in [5.41, 5.74) is 2.75. The third kappa shape index (κ3) is 4.14. The summed E-state index contributed by atoms with van der Waals surface area (Å²) >= 11 is 0. The lowest BCUT2D eigenvalue weighted by atomic mass is 10.1. The van der Waals surface area contributed by atoms with Gasteiger partial charge in [-0.1, -0.05) is 48.5 Å². The molecule has 0 saturated carbocycles. The van der Waals surface area contributed by atoms with Crippen molar-refractivity contribution >= 4 is 0 Å². The first-order chi connectivity index (χ1) is 12.8. The van der Waals surface area contributed by atoms with Gasteiger partial charge in [-0.3, -0.25) is 0 Å². The van der Waals surface area contributed by atoms with E-state index < -0.39 is 0 Å². The normalized spacial score (nSPS) is 10.0. The second kappa shape index (κ2) is 8.59. The van der Waals surface area contributed by atoms with Gasteiger partial charge in [0.05, 0.1) is 12.7 Å². The zero-order chi connectivity index (χ0) is 18.2. The summed E-state index contributed by atoms with van der Waals surface area (Å²) in [5.74, 6) is 1.76. The third-order valence-electron chi connectivity index (χ3n) is 3.88. The summed E-state index contributed by atoms with van der Waals surface area (Å²) in [7, 11) is 1.55. The number of para-hydroxylation sites is 1. The topological polar surface area (TPSA) is 51.5 Å². The zero-order valence-electron chi connectivity index (χ0n) is 14.5. The zero-order valence-corrected chi connectivity index (χ0v) is 14.5. The smallest absolute Gasteiger partial charge is 0.179 e. The Morgan fingerprint density at radius 2 is 1.46 bits per heavy atom. The van der Waals surface area contributed by atoms with Gasteiger partial charge in [0.2, 0.25) is 0 Å². The molecule has 0 spiro atoms. The molecule has 0 unspecified atom stereocenters. The molecule has 4 nitrogen and oxygen atoms in total. The van der Waals surface area contributed by atoms with Crippen molar-refractivity contribution in [1.29, 1.82) is 5.26 Å². The summed E-state index contributed by atoms with van der Waals surface area (Å²) in [6.45, 7) is 0.684. The molecule has 0 N–H and O–H groups in total. The lowest BCUT2D eigenvalue weighted by Crippen LogP contribution is -2.10. The summed E-state index contributed by atoms with van der Waals surface area (Å²) in [6.07, 6.45) is 0. The van der Waals surface area contributed by atoms with Gasteiger partial charge in [-0.25, -0.2) is 0 Å². The maximum atomic E-state index is 9.18. The van der Waals surface area contributed by atoms with Gasteiger partial charge in [-0.2, -0.15) is 5.26 Å². The minimum absolute atomic E-state index is 0.315. The first-order valence-electron chi connectivity index (χ1n) is 8.30. The molecule has 0 aromatic heterocycles. The molecule has 0 heterocycles. The van der Waals surface area contributed by atoms with E-state index >= 15 is 0 Å². The fourth-order valence-electron chi connectivity index (χ4n) is 2.59. The van der Waals surface area contributed by atoms with Crippen molar-refractivity contribution in [2.45, 2.75) is 0 Å². The second-order valence-corrected chi connectivity index (χ2v) is 5.54. The van der Waals surface area contributed by atoms with Crippen molar-refractivity contribution in [3.05, 3.63) is 78.4 Å². The van der Waals surface area contributed by atoms with Gasteiger partial charge < -0.3 is 14.2 Å². The molecule has 3 aromatic carbocycles. The van der Waals surface area contributed by atoms with E-state index in [-0.39, 0.29) is 0 Å². The summed E-state index contributed by atoms with van der Waals surface area (Å²) in [6, 6.07) is 25.4. The number of nitriles is 1. The van der Waals surface area contributed by atoms with Crippen LogP contribution in [0.25, 0.3) is 11.1 Å². The maximum absolute atomic E-state index is 9.18. The van der Waals surface area contributed by atoms with Crippen molar-refractivity contribution in [2.24, 2.45) is 0 Å². The predicted octanol–water partition coefficient (Wildman–Crippen LogP) is 4.69. The molecule has 0 saturated heterocycles. The largest absolute Gasteiger partial charge is 0.493 e. The van der Waals surface area contributed by atoms with Gasteiger partial charge in [0.1, 0.15) is 25.0 Å². The molecule has 0 fully saturated rings. The highest BCUT2D eigenvalue weighted by Gasteiger charge is 2.10. The van der Waals surface area contributed by atoms with E-state index in [1.54, 1.807) is 25.3 Å². The maximum Gasteiger partial charge on any atom is 0.179 e. The molecule has 0 bridgehead atoms. The predicted molar refractivity (Wildman–Crippen MR) is 101 cm³/mol. The van der Waals surface area contributed by atoms with E-state index in [1.165, 1.54) is 5.56 Å². The van der Waals surface area contributed by atoms with Crippen molar-refractivity contribution in [2.75, 3.05) is 20.3 Å². The lowest BCUT2D eigenvalue weighted by Gasteiger charge is -2.12. The molecular formula is C22H19NO3. The van der Waals surface area contributed by atoms with Crippen molar-refractivity contribution in [1.82, 2.24) is 0 Å². The van der Waals surface area contributed by atoms with E-state index in [9.17, 15) is 5.26 Å². The van der Waals surface area contributed by atoms with Crippen LogP contribution < -0.4 is 14.2 Å². The monoisotopic (exact) mass is 345 g/mol. The van der Waals surface area contributed by atoms with Gasteiger partial charge in [-0.15, -0.1) is 0 Å². The molecule has 26 heavy (non-hydrogen) atoms. The van der Waals surface area contributed by atoms with Crippen LogP contribution in [0.1, 0.15) is 5.56 Å². The van der Waals surface area contributed by atoms with Crippen LogP contribution in [0.2, 0.25) is 0 Å². The van der Waals surface area contributed by atoms with Crippen LogP contribution in [0.5, 0.6) is 17.2 Å². The third-order valence-corrected chi connectivity index (χ3v) is 3.88. The summed E-state index contributed by atoms with van der Waals surface area (Å²) < 4.78 is 16.7. The highest BCUT2D eigenvalue weighted by molar-refractivity contribution is 5.63. The number of hydrogen-bond donors (Lipinski definition) is 0. The summed E-state index contributed by atoms with van der Waals surface area (Å²) in [5, 5.41) is 9.18. The highest BCUT2D eigenvalue weighted by Crippen LogP contribution is 2.30. The molecule has 0 radical (unpaired) electrons. The minimum atomic E-state index is 0.315. The fourth-order valence-corrected chi connectivity index (χ4v) is 2.59. The fraction of sp³-hybridized carbons (Fsp3) is 0.136. The van der Waals surface area contributed by atoms with E-state index in [1.807, 2.05) is 42.5 Å². The van der Waals surface area contributed by atoms with Crippen LogP contribution in [0, 0.1) is 11.3 Å². The van der Waals surface area contributed by atoms with Gasteiger partial charge >= 0.3 is 0 Å².